The first-order valence-corrected chi connectivity index (χ1v) is 5.85. The molecule has 2 rings (SSSR count). The Bertz CT molecular complexity index is 540. The predicted octanol–water partition coefficient (Wildman–Crippen LogP) is 2.52. The molecule has 1 unspecified atom stereocenters. The van der Waals surface area contributed by atoms with Crippen LogP contribution >= 0.6 is 0 Å². The van der Waals surface area contributed by atoms with Gasteiger partial charge in [-0.15, -0.1) is 0 Å². The van der Waals surface area contributed by atoms with E-state index in [2.05, 4.69) is 0 Å². The fourth-order valence-electron chi connectivity index (χ4n) is 1.58. The molecular formula is C12H11NO2S. The summed E-state index contributed by atoms with van der Waals surface area (Å²) in [5.74, 6) is 0. The van der Waals surface area contributed by atoms with E-state index in [0.29, 0.717) is 16.1 Å². The third-order valence-electron chi connectivity index (χ3n) is 2.33. The number of nitrogen functional groups attached to an aromatic ring is 1. The van der Waals surface area contributed by atoms with Crippen LogP contribution in [0, 0.1) is 0 Å². The van der Waals surface area contributed by atoms with Gasteiger partial charge in [-0.1, -0.05) is 36.4 Å². The second-order valence-electron chi connectivity index (χ2n) is 3.33. The Balaban J connectivity index is 2.65. The number of rotatable bonds is 2. The second kappa shape index (κ2) is 4.47. The minimum Gasteiger partial charge on any atom is -0.398 e. The van der Waals surface area contributed by atoms with Gasteiger partial charge in [-0.05, 0) is 12.1 Å². The monoisotopic (exact) mass is 233 g/mol. The summed E-state index contributed by atoms with van der Waals surface area (Å²) >= 11 is -2.00. The van der Waals surface area contributed by atoms with Gasteiger partial charge in [-0.25, -0.2) is 4.21 Å². The van der Waals surface area contributed by atoms with Crippen LogP contribution in [0.2, 0.25) is 0 Å². The number of hydrogen-bond acceptors (Lipinski definition) is 2. The average Bonchev–Trinajstić information content (AvgIpc) is 2.29. The van der Waals surface area contributed by atoms with Crippen molar-refractivity contribution < 1.29 is 8.76 Å². The highest BCUT2D eigenvalue weighted by molar-refractivity contribution is 7.79. The molecule has 0 fully saturated rings. The zero-order chi connectivity index (χ0) is 11.5. The van der Waals surface area contributed by atoms with Crippen LogP contribution in [-0.4, -0.2) is 8.76 Å². The number of para-hydroxylation sites is 1. The lowest BCUT2D eigenvalue weighted by molar-refractivity contribution is 0.564. The molecule has 0 heterocycles. The quantitative estimate of drug-likeness (QED) is 0.619. The molecule has 0 aromatic heterocycles. The highest BCUT2D eigenvalue weighted by Crippen LogP contribution is 2.29. The van der Waals surface area contributed by atoms with Gasteiger partial charge >= 0.3 is 0 Å². The molecule has 3 nitrogen and oxygen atoms in total. The Morgan fingerprint density at radius 1 is 0.938 bits per heavy atom. The van der Waals surface area contributed by atoms with E-state index in [9.17, 15) is 8.76 Å². The van der Waals surface area contributed by atoms with E-state index in [1.165, 1.54) is 0 Å². The molecular weight excluding hydrogens is 222 g/mol. The lowest BCUT2D eigenvalue weighted by Gasteiger charge is -2.08. The van der Waals surface area contributed by atoms with Gasteiger partial charge in [-0.3, -0.25) is 0 Å². The Morgan fingerprint density at radius 2 is 1.50 bits per heavy atom. The number of anilines is 1. The van der Waals surface area contributed by atoms with E-state index in [-0.39, 0.29) is 0 Å². The Hall–Kier alpha value is -1.65. The van der Waals surface area contributed by atoms with Gasteiger partial charge in [0, 0.05) is 16.8 Å². The molecule has 4 heteroatoms. The highest BCUT2D eigenvalue weighted by Gasteiger charge is 2.10. The van der Waals surface area contributed by atoms with Crippen molar-refractivity contribution in [2.75, 3.05) is 5.73 Å². The van der Waals surface area contributed by atoms with E-state index in [4.69, 9.17) is 5.73 Å². The van der Waals surface area contributed by atoms with E-state index >= 15 is 0 Å². The molecule has 0 saturated carbocycles. The van der Waals surface area contributed by atoms with Gasteiger partial charge in [0.25, 0.3) is 0 Å². The Kier molecular flexibility index (Phi) is 3.03. The molecule has 3 N–H and O–H groups in total. The molecule has 0 spiro atoms. The lowest BCUT2D eigenvalue weighted by Crippen LogP contribution is -1.95. The summed E-state index contributed by atoms with van der Waals surface area (Å²) in [5.41, 5.74) is 7.91. The molecule has 0 aliphatic carbocycles. The Labute approximate surface area is 96.2 Å². The summed E-state index contributed by atoms with van der Waals surface area (Å²) < 4.78 is 20.4. The van der Waals surface area contributed by atoms with Gasteiger partial charge in [0.1, 0.15) is 0 Å². The zero-order valence-electron chi connectivity index (χ0n) is 8.46. The lowest BCUT2D eigenvalue weighted by atomic mass is 10.0. The van der Waals surface area contributed by atoms with E-state index in [0.717, 1.165) is 5.56 Å². The maximum Gasteiger partial charge on any atom is 0.187 e. The molecule has 0 saturated heterocycles. The standard InChI is InChI=1S/C12H11NO2S/c13-11-7-3-1-5-9(11)10-6-2-4-8-12(10)16(14)15/h1-8H,13H2,(H,14,15). The van der Waals surface area contributed by atoms with Crippen molar-refractivity contribution in [3.05, 3.63) is 48.5 Å². The van der Waals surface area contributed by atoms with E-state index in [1.54, 1.807) is 24.3 Å². The van der Waals surface area contributed by atoms with Crippen molar-refractivity contribution in [3.8, 4) is 11.1 Å². The smallest absolute Gasteiger partial charge is 0.187 e. The summed E-state index contributed by atoms with van der Waals surface area (Å²) in [6.45, 7) is 0. The van der Waals surface area contributed by atoms with Crippen molar-refractivity contribution in [3.63, 3.8) is 0 Å². The molecule has 1 atom stereocenters. The second-order valence-corrected chi connectivity index (χ2v) is 4.27. The molecule has 0 amide bonds. The molecule has 2 aromatic rings. The normalized spacial score (nSPS) is 12.3. The van der Waals surface area contributed by atoms with Crippen molar-refractivity contribution in [2.45, 2.75) is 4.90 Å². The molecule has 16 heavy (non-hydrogen) atoms. The first kappa shape index (κ1) is 10.9. The summed E-state index contributed by atoms with van der Waals surface area (Å²) in [4.78, 5) is 0.375. The van der Waals surface area contributed by atoms with Crippen LogP contribution in [-0.2, 0) is 11.1 Å². The molecule has 0 bridgehead atoms. The maximum absolute atomic E-state index is 11.2. The van der Waals surface area contributed by atoms with Crippen LogP contribution in [0.5, 0.6) is 0 Å². The maximum atomic E-state index is 11.2. The van der Waals surface area contributed by atoms with Gasteiger partial charge in [0.15, 0.2) is 11.1 Å². The fraction of sp³-hybridized carbons (Fsp3) is 0. The number of nitrogens with two attached hydrogens (primary N) is 1. The largest absolute Gasteiger partial charge is 0.398 e. The van der Waals surface area contributed by atoms with Crippen molar-refractivity contribution >= 4 is 16.8 Å². The summed E-state index contributed by atoms with van der Waals surface area (Å²) in [6, 6.07) is 14.2. The summed E-state index contributed by atoms with van der Waals surface area (Å²) in [5, 5.41) is 0. The fourth-order valence-corrected chi connectivity index (χ4v) is 2.14. The van der Waals surface area contributed by atoms with Crippen LogP contribution in [0.15, 0.2) is 53.4 Å². The van der Waals surface area contributed by atoms with Crippen LogP contribution in [0.3, 0.4) is 0 Å². The zero-order valence-corrected chi connectivity index (χ0v) is 9.28. The first-order chi connectivity index (χ1) is 7.70. The van der Waals surface area contributed by atoms with Crippen molar-refractivity contribution in [1.29, 1.82) is 0 Å². The highest BCUT2D eigenvalue weighted by atomic mass is 32.2. The van der Waals surface area contributed by atoms with Crippen molar-refractivity contribution in [2.24, 2.45) is 0 Å². The molecule has 0 aliphatic heterocycles. The van der Waals surface area contributed by atoms with Gasteiger partial charge < -0.3 is 10.3 Å². The first-order valence-electron chi connectivity index (χ1n) is 4.75. The number of benzene rings is 2. The molecule has 0 aliphatic rings. The van der Waals surface area contributed by atoms with Gasteiger partial charge in [0.2, 0.25) is 0 Å². The van der Waals surface area contributed by atoms with Crippen LogP contribution < -0.4 is 5.73 Å². The SMILES string of the molecule is Nc1ccccc1-c1ccccc1S(=O)O. The van der Waals surface area contributed by atoms with Crippen LogP contribution in [0.1, 0.15) is 0 Å². The predicted molar refractivity (Wildman–Crippen MR) is 65.3 cm³/mol. The topological polar surface area (TPSA) is 63.3 Å². The minimum absolute atomic E-state index is 0.375. The Morgan fingerprint density at radius 3 is 2.12 bits per heavy atom. The molecule has 82 valence electrons. The van der Waals surface area contributed by atoms with E-state index < -0.39 is 11.1 Å². The average molecular weight is 233 g/mol. The van der Waals surface area contributed by atoms with Crippen LogP contribution in [0.4, 0.5) is 5.69 Å². The third kappa shape index (κ3) is 1.98. The van der Waals surface area contributed by atoms with E-state index in [1.807, 2.05) is 24.3 Å². The number of hydrogen-bond donors (Lipinski definition) is 2. The minimum atomic E-state index is -2.00. The summed E-state index contributed by atoms with van der Waals surface area (Å²) in [7, 11) is 0. The van der Waals surface area contributed by atoms with Gasteiger partial charge in [-0.2, -0.15) is 0 Å². The third-order valence-corrected chi connectivity index (χ3v) is 3.06. The van der Waals surface area contributed by atoms with Crippen molar-refractivity contribution in [1.82, 2.24) is 0 Å². The van der Waals surface area contributed by atoms with Crippen LogP contribution in [0.25, 0.3) is 11.1 Å². The molecule has 0 radical (unpaired) electrons. The summed E-state index contributed by atoms with van der Waals surface area (Å²) in [6.07, 6.45) is 0. The molecule has 2 aromatic carbocycles. The van der Waals surface area contributed by atoms with Gasteiger partial charge in [0.05, 0.1) is 4.90 Å².